The first kappa shape index (κ1) is 13.2. The van der Waals surface area contributed by atoms with Crippen LogP contribution in [0.25, 0.3) is 10.9 Å². The number of fused-ring (bicyclic) bond motifs is 1. The second kappa shape index (κ2) is 5.31. The minimum absolute atomic E-state index is 0.629. The zero-order valence-electron chi connectivity index (χ0n) is 10.5. The molecule has 2 aromatic carbocycles. The van der Waals surface area contributed by atoms with Crippen LogP contribution in [-0.2, 0) is 6.54 Å². The number of halogens is 2. The van der Waals surface area contributed by atoms with E-state index in [-0.39, 0.29) is 0 Å². The zero-order valence-corrected chi connectivity index (χ0v) is 12.0. The summed E-state index contributed by atoms with van der Waals surface area (Å²) in [5.74, 6) is 0. The highest BCUT2D eigenvalue weighted by Crippen LogP contribution is 2.25. The largest absolute Gasteiger partial charge is 0.342 e. The molecule has 3 rings (SSSR count). The van der Waals surface area contributed by atoms with Crippen molar-refractivity contribution in [1.82, 2.24) is 4.57 Å². The monoisotopic (exact) mass is 303 g/mol. The van der Waals surface area contributed by atoms with Crippen LogP contribution in [0.5, 0.6) is 0 Å². The fourth-order valence-corrected chi connectivity index (χ4v) is 2.61. The SMILES string of the molecule is O=Cc1cn(Cc2ccc(Cl)cc2)c2ccc(Cl)cc12. The predicted molar refractivity (Wildman–Crippen MR) is 82.9 cm³/mol. The van der Waals surface area contributed by atoms with E-state index in [0.717, 1.165) is 22.8 Å². The Hall–Kier alpha value is -1.77. The van der Waals surface area contributed by atoms with Gasteiger partial charge in [0, 0.05) is 39.3 Å². The Morgan fingerprint density at radius 1 is 1.00 bits per heavy atom. The molecule has 0 amide bonds. The minimum atomic E-state index is 0.629. The third kappa shape index (κ3) is 2.45. The molecule has 0 aliphatic heterocycles. The van der Waals surface area contributed by atoms with Crippen molar-refractivity contribution in [2.45, 2.75) is 6.54 Å². The number of carbonyl (C=O) groups excluding carboxylic acids is 1. The van der Waals surface area contributed by atoms with E-state index in [1.165, 1.54) is 0 Å². The smallest absolute Gasteiger partial charge is 0.152 e. The number of hydrogen-bond acceptors (Lipinski definition) is 1. The van der Waals surface area contributed by atoms with Crippen molar-refractivity contribution in [3.8, 4) is 0 Å². The lowest BCUT2D eigenvalue weighted by molar-refractivity contribution is 0.112. The van der Waals surface area contributed by atoms with Crippen LogP contribution in [0.4, 0.5) is 0 Å². The summed E-state index contributed by atoms with van der Waals surface area (Å²) < 4.78 is 2.04. The maximum absolute atomic E-state index is 11.2. The quantitative estimate of drug-likeness (QED) is 0.636. The van der Waals surface area contributed by atoms with E-state index in [4.69, 9.17) is 23.2 Å². The fourth-order valence-electron chi connectivity index (χ4n) is 2.31. The molecule has 0 fully saturated rings. The molecule has 0 saturated heterocycles. The van der Waals surface area contributed by atoms with Gasteiger partial charge in [0.15, 0.2) is 6.29 Å². The molecule has 2 nitrogen and oxygen atoms in total. The van der Waals surface area contributed by atoms with Crippen LogP contribution in [0.15, 0.2) is 48.7 Å². The van der Waals surface area contributed by atoms with Crippen LogP contribution in [0.2, 0.25) is 10.0 Å². The number of carbonyl (C=O) groups is 1. The van der Waals surface area contributed by atoms with Crippen LogP contribution in [-0.4, -0.2) is 10.9 Å². The highest BCUT2D eigenvalue weighted by atomic mass is 35.5. The summed E-state index contributed by atoms with van der Waals surface area (Å²) in [7, 11) is 0. The van der Waals surface area contributed by atoms with Gasteiger partial charge < -0.3 is 4.57 Å². The molecule has 0 N–H and O–H groups in total. The van der Waals surface area contributed by atoms with Gasteiger partial charge in [-0.2, -0.15) is 0 Å². The Labute approximate surface area is 126 Å². The predicted octanol–water partition coefficient (Wildman–Crippen LogP) is 4.81. The van der Waals surface area contributed by atoms with Gasteiger partial charge in [0.25, 0.3) is 0 Å². The summed E-state index contributed by atoms with van der Waals surface area (Å²) >= 11 is 11.9. The van der Waals surface area contributed by atoms with Gasteiger partial charge in [0.2, 0.25) is 0 Å². The molecule has 0 bridgehead atoms. The maximum atomic E-state index is 11.2. The first-order valence-electron chi connectivity index (χ1n) is 6.15. The van der Waals surface area contributed by atoms with Gasteiger partial charge in [-0.3, -0.25) is 4.79 Å². The molecule has 0 aliphatic rings. The molecule has 0 radical (unpaired) electrons. The normalized spacial score (nSPS) is 10.9. The number of benzene rings is 2. The van der Waals surface area contributed by atoms with Crippen LogP contribution < -0.4 is 0 Å². The number of rotatable bonds is 3. The summed E-state index contributed by atoms with van der Waals surface area (Å²) in [6, 6.07) is 13.3. The summed E-state index contributed by atoms with van der Waals surface area (Å²) in [6.45, 7) is 0.684. The van der Waals surface area contributed by atoms with Crippen molar-refractivity contribution < 1.29 is 4.79 Å². The van der Waals surface area contributed by atoms with E-state index < -0.39 is 0 Å². The van der Waals surface area contributed by atoms with Gasteiger partial charge in [-0.05, 0) is 35.9 Å². The van der Waals surface area contributed by atoms with Crippen LogP contribution in [0.3, 0.4) is 0 Å². The van der Waals surface area contributed by atoms with Crippen molar-refractivity contribution in [3.63, 3.8) is 0 Å². The van der Waals surface area contributed by atoms with Crippen molar-refractivity contribution in [1.29, 1.82) is 0 Å². The number of aromatic nitrogens is 1. The van der Waals surface area contributed by atoms with Gasteiger partial charge in [0.1, 0.15) is 0 Å². The van der Waals surface area contributed by atoms with Gasteiger partial charge in [-0.15, -0.1) is 0 Å². The Morgan fingerprint density at radius 3 is 2.40 bits per heavy atom. The lowest BCUT2D eigenvalue weighted by Gasteiger charge is -2.06. The molecule has 4 heteroatoms. The topological polar surface area (TPSA) is 22.0 Å². The van der Waals surface area contributed by atoms with E-state index in [0.29, 0.717) is 22.2 Å². The lowest BCUT2D eigenvalue weighted by atomic mass is 10.2. The molecule has 1 aromatic heterocycles. The maximum Gasteiger partial charge on any atom is 0.152 e. The van der Waals surface area contributed by atoms with E-state index in [1.54, 1.807) is 0 Å². The van der Waals surface area contributed by atoms with Gasteiger partial charge in [-0.1, -0.05) is 35.3 Å². The third-order valence-electron chi connectivity index (χ3n) is 3.27. The molecular formula is C16H11Cl2NO. The summed E-state index contributed by atoms with van der Waals surface area (Å²) in [5.41, 5.74) is 2.77. The Morgan fingerprint density at radius 2 is 1.70 bits per heavy atom. The van der Waals surface area contributed by atoms with Crippen LogP contribution in [0.1, 0.15) is 15.9 Å². The number of nitrogens with zero attached hydrogens (tertiary/aromatic N) is 1. The first-order valence-corrected chi connectivity index (χ1v) is 6.91. The molecule has 3 aromatic rings. The van der Waals surface area contributed by atoms with Crippen molar-refractivity contribution in [2.24, 2.45) is 0 Å². The van der Waals surface area contributed by atoms with E-state index in [1.807, 2.05) is 53.2 Å². The van der Waals surface area contributed by atoms with E-state index >= 15 is 0 Å². The van der Waals surface area contributed by atoms with Gasteiger partial charge in [-0.25, -0.2) is 0 Å². The third-order valence-corrected chi connectivity index (χ3v) is 3.75. The molecule has 0 saturated carbocycles. The summed E-state index contributed by atoms with van der Waals surface area (Å²) in [5, 5.41) is 2.22. The average Bonchev–Trinajstić information content (AvgIpc) is 2.78. The number of hydrogen-bond donors (Lipinski definition) is 0. The fraction of sp³-hybridized carbons (Fsp3) is 0.0625. The molecule has 1 heterocycles. The van der Waals surface area contributed by atoms with E-state index in [2.05, 4.69) is 0 Å². The van der Waals surface area contributed by atoms with Gasteiger partial charge >= 0.3 is 0 Å². The summed E-state index contributed by atoms with van der Waals surface area (Å²) in [4.78, 5) is 11.2. The Bertz CT molecular complexity index is 775. The van der Waals surface area contributed by atoms with E-state index in [9.17, 15) is 4.79 Å². The minimum Gasteiger partial charge on any atom is -0.342 e. The highest BCUT2D eigenvalue weighted by Gasteiger charge is 2.08. The van der Waals surface area contributed by atoms with Gasteiger partial charge in [0.05, 0.1) is 0 Å². The molecule has 20 heavy (non-hydrogen) atoms. The van der Waals surface area contributed by atoms with Crippen LogP contribution >= 0.6 is 23.2 Å². The molecule has 0 unspecified atom stereocenters. The van der Waals surface area contributed by atoms with Crippen molar-refractivity contribution >= 4 is 40.4 Å². The van der Waals surface area contributed by atoms with Crippen LogP contribution in [0, 0.1) is 0 Å². The molecule has 0 atom stereocenters. The molecule has 0 aliphatic carbocycles. The molecule has 0 spiro atoms. The standard InChI is InChI=1S/C16H11Cl2NO/c17-13-3-1-11(2-4-13)8-19-9-12(10-20)15-7-14(18)5-6-16(15)19/h1-7,9-10H,8H2. The summed E-state index contributed by atoms with van der Waals surface area (Å²) in [6.07, 6.45) is 2.71. The Balaban J connectivity index is 2.07. The second-order valence-corrected chi connectivity index (χ2v) is 5.49. The molecule has 100 valence electrons. The Kier molecular flexibility index (Phi) is 3.51. The second-order valence-electron chi connectivity index (χ2n) is 4.62. The zero-order chi connectivity index (χ0) is 14.1. The number of aldehydes is 1. The van der Waals surface area contributed by atoms with Crippen molar-refractivity contribution in [2.75, 3.05) is 0 Å². The highest BCUT2D eigenvalue weighted by molar-refractivity contribution is 6.31. The lowest BCUT2D eigenvalue weighted by Crippen LogP contribution is -1.97. The molecular weight excluding hydrogens is 293 g/mol. The average molecular weight is 304 g/mol. The first-order chi connectivity index (χ1) is 9.67. The van der Waals surface area contributed by atoms with Crippen molar-refractivity contribution in [3.05, 3.63) is 69.8 Å².